The predicted molar refractivity (Wildman–Crippen MR) is 129 cm³/mol. The lowest BCUT2D eigenvalue weighted by atomic mass is 9.97. The van der Waals surface area contributed by atoms with Crippen LogP contribution in [-0.2, 0) is 11.3 Å². The van der Waals surface area contributed by atoms with Gasteiger partial charge in [0, 0.05) is 25.2 Å². The van der Waals surface area contributed by atoms with Gasteiger partial charge in [-0.15, -0.1) is 5.10 Å². The van der Waals surface area contributed by atoms with Crippen LogP contribution in [0.15, 0.2) is 54.7 Å². The van der Waals surface area contributed by atoms with Crippen molar-refractivity contribution < 1.29 is 4.79 Å². The molecule has 6 nitrogen and oxygen atoms in total. The molecule has 1 atom stereocenters. The Kier molecular flexibility index (Phi) is 5.66. The second-order valence-corrected chi connectivity index (χ2v) is 9.47. The largest absolute Gasteiger partial charge is 0.352 e. The Balaban J connectivity index is 1.25. The summed E-state index contributed by atoms with van der Waals surface area (Å²) in [5.74, 6) is 0.105. The highest BCUT2D eigenvalue weighted by Gasteiger charge is 2.28. The zero-order valence-corrected chi connectivity index (χ0v) is 19.2. The highest BCUT2D eigenvalue weighted by atomic mass is 32.1. The molecule has 5 rings (SSSR count). The Morgan fingerprint density at radius 1 is 1.16 bits per heavy atom. The number of anilines is 1. The summed E-state index contributed by atoms with van der Waals surface area (Å²) in [6.45, 7) is 6.35. The summed E-state index contributed by atoms with van der Waals surface area (Å²) in [7, 11) is 0. The molecule has 32 heavy (non-hydrogen) atoms. The van der Waals surface area contributed by atoms with Gasteiger partial charge in [-0.25, -0.2) is 9.50 Å². The number of nitrogens with zero attached hydrogens (tertiary/aromatic N) is 4. The van der Waals surface area contributed by atoms with Crippen molar-refractivity contribution in [2.24, 2.45) is 5.92 Å². The average Bonchev–Trinajstić information content (AvgIpc) is 3.39. The number of imidazole rings is 1. The molecule has 0 spiro atoms. The van der Waals surface area contributed by atoms with Gasteiger partial charge in [0.05, 0.1) is 17.8 Å². The average molecular weight is 446 g/mol. The van der Waals surface area contributed by atoms with Crippen molar-refractivity contribution in [3.63, 3.8) is 0 Å². The van der Waals surface area contributed by atoms with E-state index in [4.69, 9.17) is 10.1 Å². The number of piperidine rings is 1. The molecule has 2 aromatic heterocycles. The second-order valence-electron chi connectivity index (χ2n) is 8.53. The van der Waals surface area contributed by atoms with Crippen LogP contribution in [0.5, 0.6) is 0 Å². The number of nitrogens with one attached hydrogen (secondary N) is 1. The van der Waals surface area contributed by atoms with Gasteiger partial charge in [0.15, 0.2) is 0 Å². The fraction of sp³-hybridized carbons (Fsp3) is 0.320. The summed E-state index contributed by atoms with van der Waals surface area (Å²) in [6, 6.07) is 16.6. The molecule has 0 radical (unpaired) electrons. The van der Waals surface area contributed by atoms with Gasteiger partial charge < -0.3 is 10.2 Å². The van der Waals surface area contributed by atoms with Crippen molar-refractivity contribution in [1.29, 1.82) is 0 Å². The van der Waals surface area contributed by atoms with E-state index < -0.39 is 0 Å². The molecule has 1 N–H and O–H groups in total. The number of carbonyl (C=O) groups is 1. The van der Waals surface area contributed by atoms with Crippen LogP contribution in [-0.4, -0.2) is 33.6 Å². The van der Waals surface area contributed by atoms with E-state index in [0.717, 1.165) is 40.7 Å². The van der Waals surface area contributed by atoms with Crippen molar-refractivity contribution in [1.82, 2.24) is 19.9 Å². The molecular formula is C25H27N5OS. The highest BCUT2D eigenvalue weighted by Crippen LogP contribution is 2.30. The maximum atomic E-state index is 12.8. The number of hydrogen-bond acceptors (Lipinski definition) is 5. The third kappa shape index (κ3) is 4.25. The Hall–Kier alpha value is -3.19. The molecule has 1 fully saturated rings. The fourth-order valence-electron chi connectivity index (χ4n) is 4.18. The summed E-state index contributed by atoms with van der Waals surface area (Å²) in [5.41, 5.74) is 5.63. The van der Waals surface area contributed by atoms with Gasteiger partial charge in [0.25, 0.3) is 0 Å². The molecule has 0 unspecified atom stereocenters. The standard InChI is InChI=1S/C25H27N5OS/c1-17-9-11-19(12-10-17)22-16-30-24(27-22)32-25(28-30)29-13-5-8-21(15-29)23(31)26-14-20-7-4-3-6-18(20)2/h3-4,6-7,9-12,16,21H,5,8,13-15H2,1-2H3,(H,26,31)/t21-/m1/s1. The Morgan fingerprint density at radius 2 is 1.97 bits per heavy atom. The number of aromatic nitrogens is 3. The van der Waals surface area contributed by atoms with Crippen molar-refractivity contribution in [2.45, 2.75) is 33.2 Å². The maximum absolute atomic E-state index is 12.8. The molecule has 3 heterocycles. The maximum Gasteiger partial charge on any atom is 0.225 e. The molecule has 164 valence electrons. The second kappa shape index (κ2) is 8.74. The van der Waals surface area contributed by atoms with E-state index in [1.54, 1.807) is 11.3 Å². The van der Waals surface area contributed by atoms with Gasteiger partial charge in [-0.2, -0.15) is 0 Å². The fourth-order valence-corrected chi connectivity index (χ4v) is 5.10. The Bertz CT molecular complexity index is 1210. The van der Waals surface area contributed by atoms with Crippen LogP contribution in [0.3, 0.4) is 0 Å². The normalized spacial score (nSPS) is 16.4. The van der Waals surface area contributed by atoms with E-state index in [0.29, 0.717) is 13.1 Å². The van der Waals surface area contributed by atoms with Crippen molar-refractivity contribution in [3.8, 4) is 11.3 Å². The van der Waals surface area contributed by atoms with Crippen molar-refractivity contribution >= 4 is 27.3 Å². The van der Waals surface area contributed by atoms with Crippen LogP contribution in [0.25, 0.3) is 16.2 Å². The molecular weight excluding hydrogens is 418 g/mol. The van der Waals surface area contributed by atoms with Crippen LogP contribution < -0.4 is 10.2 Å². The molecule has 0 saturated carbocycles. The van der Waals surface area contributed by atoms with E-state index in [1.165, 1.54) is 16.7 Å². The number of benzene rings is 2. The van der Waals surface area contributed by atoms with E-state index in [9.17, 15) is 4.79 Å². The number of hydrogen-bond donors (Lipinski definition) is 1. The van der Waals surface area contributed by atoms with Gasteiger partial charge in [0.1, 0.15) is 0 Å². The first kappa shape index (κ1) is 20.7. The molecule has 4 aromatic rings. The van der Waals surface area contributed by atoms with Crippen LogP contribution in [0, 0.1) is 19.8 Å². The molecule has 1 aliphatic heterocycles. The van der Waals surface area contributed by atoms with Gasteiger partial charge in [-0.1, -0.05) is 65.4 Å². The van der Waals surface area contributed by atoms with E-state index in [1.807, 2.05) is 22.8 Å². The van der Waals surface area contributed by atoms with Crippen LogP contribution in [0.1, 0.15) is 29.5 Å². The minimum atomic E-state index is -0.0212. The molecule has 0 aliphatic carbocycles. The number of rotatable bonds is 5. The minimum Gasteiger partial charge on any atom is -0.352 e. The number of fused-ring (bicyclic) bond motifs is 1. The third-order valence-electron chi connectivity index (χ3n) is 6.16. The molecule has 1 saturated heterocycles. The van der Waals surface area contributed by atoms with Crippen LogP contribution >= 0.6 is 11.3 Å². The summed E-state index contributed by atoms with van der Waals surface area (Å²) < 4.78 is 1.86. The summed E-state index contributed by atoms with van der Waals surface area (Å²) in [4.78, 5) is 20.7. The highest BCUT2D eigenvalue weighted by molar-refractivity contribution is 7.20. The lowest BCUT2D eigenvalue weighted by Crippen LogP contribution is -2.43. The van der Waals surface area contributed by atoms with Crippen LogP contribution in [0.2, 0.25) is 0 Å². The molecule has 0 bridgehead atoms. The molecule has 1 amide bonds. The third-order valence-corrected chi connectivity index (χ3v) is 7.14. The predicted octanol–water partition coefficient (Wildman–Crippen LogP) is 4.61. The van der Waals surface area contributed by atoms with E-state index >= 15 is 0 Å². The minimum absolute atomic E-state index is 0.0212. The lowest BCUT2D eigenvalue weighted by Gasteiger charge is -2.31. The van der Waals surface area contributed by atoms with Gasteiger partial charge in [-0.05, 0) is 37.8 Å². The number of aryl methyl sites for hydroxylation is 2. The quantitative estimate of drug-likeness (QED) is 0.487. The van der Waals surface area contributed by atoms with E-state index in [2.05, 4.69) is 60.5 Å². The van der Waals surface area contributed by atoms with Gasteiger partial charge >= 0.3 is 0 Å². The zero-order chi connectivity index (χ0) is 22.1. The van der Waals surface area contributed by atoms with Crippen molar-refractivity contribution in [2.75, 3.05) is 18.0 Å². The van der Waals surface area contributed by atoms with Crippen molar-refractivity contribution in [3.05, 3.63) is 71.4 Å². The topological polar surface area (TPSA) is 62.5 Å². The Labute approximate surface area is 191 Å². The van der Waals surface area contributed by atoms with Gasteiger partial charge in [0.2, 0.25) is 16.0 Å². The Morgan fingerprint density at radius 3 is 2.75 bits per heavy atom. The first-order valence-corrected chi connectivity index (χ1v) is 11.9. The summed E-state index contributed by atoms with van der Waals surface area (Å²) in [6.07, 6.45) is 3.88. The lowest BCUT2D eigenvalue weighted by molar-refractivity contribution is -0.125. The first-order chi connectivity index (χ1) is 15.6. The number of amides is 1. The molecule has 7 heteroatoms. The number of carbonyl (C=O) groups excluding carboxylic acids is 1. The summed E-state index contributed by atoms with van der Waals surface area (Å²) in [5, 5.41) is 8.83. The smallest absolute Gasteiger partial charge is 0.225 e. The monoisotopic (exact) mass is 445 g/mol. The summed E-state index contributed by atoms with van der Waals surface area (Å²) >= 11 is 1.58. The van der Waals surface area contributed by atoms with Crippen LogP contribution in [0.4, 0.5) is 5.13 Å². The molecule has 1 aliphatic rings. The molecule has 2 aromatic carbocycles. The zero-order valence-electron chi connectivity index (χ0n) is 18.4. The SMILES string of the molecule is Cc1ccc(-c2cn3nc(N4CCC[C@@H](C(=O)NCc5ccccc5C)C4)sc3n2)cc1. The first-order valence-electron chi connectivity index (χ1n) is 11.1. The van der Waals surface area contributed by atoms with Gasteiger partial charge in [-0.3, -0.25) is 4.79 Å². The van der Waals surface area contributed by atoms with E-state index in [-0.39, 0.29) is 11.8 Å².